The van der Waals surface area contributed by atoms with Gasteiger partial charge in [-0.15, -0.1) is 0 Å². The molecule has 18 heavy (non-hydrogen) atoms. The minimum Gasteiger partial charge on any atom is -0.494 e. The number of hydrogen-bond donors (Lipinski definition) is 2. The molecule has 0 radical (unpaired) electrons. The molecular formula is C15H26N2O. The quantitative estimate of drug-likeness (QED) is 0.780. The normalized spacial score (nSPS) is 11.6. The van der Waals surface area contributed by atoms with E-state index in [1.807, 2.05) is 6.92 Å². The van der Waals surface area contributed by atoms with Crippen LogP contribution in [-0.4, -0.2) is 25.2 Å². The Morgan fingerprint density at radius 3 is 2.61 bits per heavy atom. The van der Waals surface area contributed by atoms with Crippen molar-refractivity contribution in [2.45, 2.75) is 39.7 Å². The molecule has 0 atom stereocenters. The van der Waals surface area contributed by atoms with E-state index in [1.54, 1.807) is 0 Å². The average Bonchev–Trinajstić information content (AvgIpc) is 2.32. The second kappa shape index (κ2) is 6.76. The van der Waals surface area contributed by atoms with Crippen molar-refractivity contribution in [3.8, 4) is 5.75 Å². The van der Waals surface area contributed by atoms with Crippen molar-refractivity contribution in [3.63, 3.8) is 0 Å². The van der Waals surface area contributed by atoms with Crippen molar-refractivity contribution in [1.29, 1.82) is 0 Å². The summed E-state index contributed by atoms with van der Waals surface area (Å²) in [4.78, 5) is 0. The lowest BCUT2D eigenvalue weighted by Gasteiger charge is -2.24. The Labute approximate surface area is 111 Å². The zero-order valence-corrected chi connectivity index (χ0v) is 12.0. The van der Waals surface area contributed by atoms with Gasteiger partial charge in [-0.3, -0.25) is 0 Å². The summed E-state index contributed by atoms with van der Waals surface area (Å²) in [6, 6.07) is 6.39. The van der Waals surface area contributed by atoms with Crippen LogP contribution in [0.1, 0.15) is 31.9 Å². The third kappa shape index (κ3) is 4.67. The fraction of sp³-hybridized carbons (Fsp3) is 0.600. The number of benzene rings is 1. The summed E-state index contributed by atoms with van der Waals surface area (Å²) in [5.41, 5.74) is 8.23. The van der Waals surface area contributed by atoms with E-state index in [2.05, 4.69) is 44.3 Å². The van der Waals surface area contributed by atoms with Gasteiger partial charge in [-0.2, -0.15) is 0 Å². The average molecular weight is 250 g/mol. The van der Waals surface area contributed by atoms with E-state index in [0.717, 1.165) is 18.7 Å². The first-order valence-corrected chi connectivity index (χ1v) is 6.66. The number of aryl methyl sites for hydroxylation is 1. The number of rotatable bonds is 7. The van der Waals surface area contributed by atoms with Crippen molar-refractivity contribution in [2.75, 3.05) is 19.7 Å². The van der Waals surface area contributed by atoms with Crippen molar-refractivity contribution in [3.05, 3.63) is 29.3 Å². The lowest BCUT2D eigenvalue weighted by Crippen LogP contribution is -2.46. The van der Waals surface area contributed by atoms with Crippen LogP contribution in [0.15, 0.2) is 18.2 Å². The van der Waals surface area contributed by atoms with Crippen LogP contribution >= 0.6 is 0 Å². The van der Waals surface area contributed by atoms with Crippen molar-refractivity contribution >= 4 is 0 Å². The Morgan fingerprint density at radius 2 is 2.06 bits per heavy atom. The van der Waals surface area contributed by atoms with Crippen LogP contribution in [0.2, 0.25) is 0 Å². The Morgan fingerprint density at radius 1 is 1.33 bits per heavy atom. The minimum atomic E-state index is 0.0142. The van der Waals surface area contributed by atoms with E-state index >= 15 is 0 Å². The van der Waals surface area contributed by atoms with Gasteiger partial charge in [0.15, 0.2) is 0 Å². The molecule has 1 aromatic carbocycles. The lowest BCUT2D eigenvalue weighted by atomic mass is 10.0. The Bertz CT molecular complexity index is 375. The molecule has 0 aliphatic rings. The molecule has 3 nitrogen and oxygen atoms in total. The zero-order chi connectivity index (χ0) is 13.6. The molecule has 1 aromatic rings. The number of nitrogens with one attached hydrogen (secondary N) is 1. The van der Waals surface area contributed by atoms with Gasteiger partial charge < -0.3 is 15.8 Å². The van der Waals surface area contributed by atoms with Crippen molar-refractivity contribution < 1.29 is 4.74 Å². The Hall–Kier alpha value is -1.06. The first kappa shape index (κ1) is 15.0. The molecule has 0 aliphatic heterocycles. The predicted octanol–water partition coefficient (Wildman–Crippen LogP) is 2.26. The monoisotopic (exact) mass is 250 g/mol. The fourth-order valence-electron chi connectivity index (χ4n) is 1.80. The zero-order valence-electron chi connectivity index (χ0n) is 12.0. The lowest BCUT2D eigenvalue weighted by molar-refractivity contribution is 0.337. The van der Waals surface area contributed by atoms with E-state index in [9.17, 15) is 0 Å². The molecule has 3 N–H and O–H groups in total. The molecule has 3 heteroatoms. The van der Waals surface area contributed by atoms with E-state index in [0.29, 0.717) is 13.2 Å². The predicted molar refractivity (Wildman–Crippen MR) is 77.2 cm³/mol. The molecule has 0 amide bonds. The first-order chi connectivity index (χ1) is 8.48. The minimum absolute atomic E-state index is 0.0142. The van der Waals surface area contributed by atoms with Crippen LogP contribution in [0.5, 0.6) is 5.75 Å². The van der Waals surface area contributed by atoms with Gasteiger partial charge >= 0.3 is 0 Å². The topological polar surface area (TPSA) is 47.3 Å². The highest BCUT2D eigenvalue weighted by Gasteiger charge is 2.13. The second-order valence-corrected chi connectivity index (χ2v) is 5.30. The maximum atomic E-state index is 5.68. The van der Waals surface area contributed by atoms with Crippen molar-refractivity contribution in [1.82, 2.24) is 5.32 Å². The summed E-state index contributed by atoms with van der Waals surface area (Å²) in [6.07, 6.45) is 1.01. The third-order valence-corrected chi connectivity index (χ3v) is 3.07. The number of ether oxygens (including phenoxy) is 1. The molecule has 0 saturated heterocycles. The van der Waals surface area contributed by atoms with E-state index in [4.69, 9.17) is 10.5 Å². The maximum Gasteiger partial charge on any atom is 0.122 e. The summed E-state index contributed by atoms with van der Waals surface area (Å²) in [6.45, 7) is 10.6. The Balaban J connectivity index is 2.51. The van der Waals surface area contributed by atoms with E-state index in [-0.39, 0.29) is 5.54 Å². The van der Waals surface area contributed by atoms with Gasteiger partial charge in [0.25, 0.3) is 0 Å². The molecule has 0 aliphatic carbocycles. The van der Waals surface area contributed by atoms with Gasteiger partial charge in [-0.05, 0) is 57.9 Å². The molecule has 0 spiro atoms. The van der Waals surface area contributed by atoms with Gasteiger partial charge in [0.05, 0.1) is 6.61 Å². The summed E-state index contributed by atoms with van der Waals surface area (Å²) in [5.74, 6) is 0.983. The summed E-state index contributed by atoms with van der Waals surface area (Å²) >= 11 is 0. The van der Waals surface area contributed by atoms with Crippen molar-refractivity contribution in [2.24, 2.45) is 5.73 Å². The summed E-state index contributed by atoms with van der Waals surface area (Å²) < 4.78 is 5.54. The highest BCUT2D eigenvalue weighted by Crippen LogP contribution is 2.19. The molecule has 0 heterocycles. The van der Waals surface area contributed by atoms with Gasteiger partial charge in [0, 0.05) is 12.1 Å². The smallest absolute Gasteiger partial charge is 0.122 e. The number of nitrogens with two attached hydrogens (primary N) is 1. The second-order valence-electron chi connectivity index (χ2n) is 5.30. The van der Waals surface area contributed by atoms with Crippen LogP contribution in [0.3, 0.4) is 0 Å². The standard InChI is InChI=1S/C15H26N2O/c1-5-18-14-7-6-13(10-12(14)2)8-9-17-15(3,4)11-16/h6-7,10,17H,5,8-9,11,16H2,1-4H3. The summed E-state index contributed by atoms with van der Waals surface area (Å²) in [5, 5.41) is 3.46. The van der Waals surface area contributed by atoms with Crippen LogP contribution in [0.4, 0.5) is 0 Å². The van der Waals surface area contributed by atoms with E-state index < -0.39 is 0 Å². The van der Waals surface area contributed by atoms with Crippen LogP contribution in [-0.2, 0) is 6.42 Å². The molecule has 102 valence electrons. The van der Waals surface area contributed by atoms with Gasteiger partial charge in [-0.1, -0.05) is 12.1 Å². The SMILES string of the molecule is CCOc1ccc(CCNC(C)(C)CN)cc1C. The highest BCUT2D eigenvalue weighted by atomic mass is 16.5. The van der Waals surface area contributed by atoms with Gasteiger partial charge in [0.1, 0.15) is 5.75 Å². The molecule has 0 saturated carbocycles. The first-order valence-electron chi connectivity index (χ1n) is 6.66. The molecule has 0 unspecified atom stereocenters. The van der Waals surface area contributed by atoms with E-state index in [1.165, 1.54) is 11.1 Å². The Kier molecular flexibility index (Phi) is 5.63. The maximum absolute atomic E-state index is 5.68. The molecular weight excluding hydrogens is 224 g/mol. The van der Waals surface area contributed by atoms with Crippen LogP contribution < -0.4 is 15.8 Å². The number of hydrogen-bond acceptors (Lipinski definition) is 3. The molecule has 1 rings (SSSR count). The fourth-order valence-corrected chi connectivity index (χ4v) is 1.80. The molecule has 0 fully saturated rings. The van der Waals surface area contributed by atoms with Gasteiger partial charge in [0.2, 0.25) is 0 Å². The van der Waals surface area contributed by atoms with Gasteiger partial charge in [-0.25, -0.2) is 0 Å². The van der Waals surface area contributed by atoms with Crippen LogP contribution in [0, 0.1) is 6.92 Å². The third-order valence-electron chi connectivity index (χ3n) is 3.07. The molecule has 0 bridgehead atoms. The molecule has 0 aromatic heterocycles. The highest BCUT2D eigenvalue weighted by molar-refractivity contribution is 5.36. The van der Waals surface area contributed by atoms with Crippen LogP contribution in [0.25, 0.3) is 0 Å². The largest absolute Gasteiger partial charge is 0.494 e. The summed E-state index contributed by atoms with van der Waals surface area (Å²) in [7, 11) is 0.